The largest absolute Gasteiger partial charge is 0.496 e. The number of thioether (sulfide) groups is 1. The molecule has 2 amide bonds. The van der Waals surface area contributed by atoms with Gasteiger partial charge in [-0.25, -0.2) is 0 Å². The molecule has 0 heterocycles. The first-order chi connectivity index (χ1) is 15.9. The summed E-state index contributed by atoms with van der Waals surface area (Å²) < 4.78 is 15.7. The number of methoxy groups -OCH3 is 3. The fourth-order valence-corrected chi connectivity index (χ4v) is 3.89. The number of hydrogen-bond acceptors (Lipinski definition) is 6. The number of nitrogens with one attached hydrogen (secondary N) is 2. The molecule has 0 aliphatic heterocycles. The highest BCUT2D eigenvalue weighted by Crippen LogP contribution is 2.34. The van der Waals surface area contributed by atoms with Gasteiger partial charge in [-0.15, -0.1) is 11.8 Å². The molecule has 0 saturated carbocycles. The Hall–Kier alpha value is -3.36. The summed E-state index contributed by atoms with van der Waals surface area (Å²) in [7, 11) is 4.38. The monoisotopic (exact) mass is 486 g/mol. The van der Waals surface area contributed by atoms with Crippen LogP contribution >= 0.6 is 23.4 Å². The van der Waals surface area contributed by atoms with Crippen molar-refractivity contribution in [2.45, 2.75) is 10.6 Å². The van der Waals surface area contributed by atoms with Crippen LogP contribution in [0.5, 0.6) is 17.2 Å². The third-order valence-corrected chi connectivity index (χ3v) is 6.01. The summed E-state index contributed by atoms with van der Waals surface area (Å²) in [4.78, 5) is 26.2. The number of carbonyl (C=O) groups is 2. The molecule has 3 aromatic rings. The number of hydrazine groups is 1. The van der Waals surface area contributed by atoms with Crippen molar-refractivity contribution in [2.75, 3.05) is 21.3 Å². The van der Waals surface area contributed by atoms with Gasteiger partial charge >= 0.3 is 0 Å². The predicted octanol–water partition coefficient (Wildman–Crippen LogP) is 4.73. The molecule has 0 aliphatic carbocycles. The summed E-state index contributed by atoms with van der Waals surface area (Å²) in [6, 6.07) is 17.8. The Labute approximate surface area is 201 Å². The van der Waals surface area contributed by atoms with E-state index in [0.717, 1.165) is 16.2 Å². The van der Waals surface area contributed by atoms with E-state index in [2.05, 4.69) is 10.9 Å². The van der Waals surface area contributed by atoms with Crippen molar-refractivity contribution in [1.82, 2.24) is 10.9 Å². The molecule has 33 heavy (non-hydrogen) atoms. The number of rotatable bonds is 8. The predicted molar refractivity (Wildman–Crippen MR) is 128 cm³/mol. The smallest absolute Gasteiger partial charge is 0.273 e. The Morgan fingerprint density at radius 2 is 1.36 bits per heavy atom. The number of benzene rings is 3. The maximum atomic E-state index is 12.6. The number of hydrogen-bond donors (Lipinski definition) is 2. The van der Waals surface area contributed by atoms with Crippen molar-refractivity contribution in [3.63, 3.8) is 0 Å². The van der Waals surface area contributed by atoms with Gasteiger partial charge in [-0.3, -0.25) is 20.4 Å². The van der Waals surface area contributed by atoms with Crippen LogP contribution in [-0.4, -0.2) is 33.1 Å². The molecule has 0 aliphatic rings. The van der Waals surface area contributed by atoms with Gasteiger partial charge in [0.25, 0.3) is 11.8 Å². The Bertz CT molecular complexity index is 1120. The molecule has 0 aromatic heterocycles. The van der Waals surface area contributed by atoms with Crippen molar-refractivity contribution in [3.05, 3.63) is 82.4 Å². The van der Waals surface area contributed by atoms with E-state index in [1.54, 1.807) is 23.9 Å². The molecule has 0 bridgehead atoms. The number of amides is 2. The van der Waals surface area contributed by atoms with E-state index in [1.807, 2.05) is 36.4 Å². The van der Waals surface area contributed by atoms with Crippen molar-refractivity contribution in [1.29, 1.82) is 0 Å². The zero-order valence-electron chi connectivity index (χ0n) is 18.3. The van der Waals surface area contributed by atoms with E-state index < -0.39 is 11.8 Å². The molecule has 0 spiro atoms. The van der Waals surface area contributed by atoms with Crippen LogP contribution in [0.15, 0.2) is 65.6 Å². The third kappa shape index (κ3) is 6.34. The first kappa shape index (κ1) is 24.3. The number of halogens is 1. The maximum absolute atomic E-state index is 12.6. The fraction of sp³-hybridized carbons (Fsp3) is 0.167. The quantitative estimate of drug-likeness (QED) is 0.353. The second-order valence-corrected chi connectivity index (χ2v) is 8.24. The Balaban J connectivity index is 1.59. The molecule has 3 aromatic carbocycles. The standard InChI is InChI=1S/C24H23ClN2O5S/c1-30-20-13-22(32-3)21(31-2)12-19(20)24(29)27-26-23(28)16-6-4-15(5-7-16)14-33-18-10-8-17(25)9-11-18/h4-13H,14H2,1-3H3,(H,26,28)(H,27,29). The fourth-order valence-electron chi connectivity index (χ4n) is 2.91. The molecule has 0 saturated heterocycles. The van der Waals surface area contributed by atoms with Crippen molar-refractivity contribution in [2.24, 2.45) is 0 Å². The molecule has 7 nitrogen and oxygen atoms in total. The summed E-state index contributed by atoms with van der Waals surface area (Å²) in [5.74, 6) is 0.809. The second-order valence-electron chi connectivity index (χ2n) is 6.76. The van der Waals surface area contributed by atoms with E-state index in [1.165, 1.54) is 33.5 Å². The van der Waals surface area contributed by atoms with Crippen LogP contribution in [-0.2, 0) is 5.75 Å². The highest BCUT2D eigenvalue weighted by Gasteiger charge is 2.18. The molecule has 0 radical (unpaired) electrons. The van der Waals surface area contributed by atoms with Gasteiger partial charge < -0.3 is 14.2 Å². The summed E-state index contributed by atoms with van der Waals surface area (Å²) in [5, 5.41) is 0.700. The van der Waals surface area contributed by atoms with Crippen LogP contribution in [0.25, 0.3) is 0 Å². The first-order valence-corrected chi connectivity index (χ1v) is 11.2. The Kier molecular flexibility index (Phi) is 8.46. The lowest BCUT2D eigenvalue weighted by atomic mass is 10.1. The first-order valence-electron chi connectivity index (χ1n) is 9.83. The van der Waals surface area contributed by atoms with Crippen LogP contribution in [0.1, 0.15) is 26.3 Å². The van der Waals surface area contributed by atoms with E-state index in [9.17, 15) is 9.59 Å². The zero-order chi connectivity index (χ0) is 23.8. The van der Waals surface area contributed by atoms with Crippen LogP contribution in [0, 0.1) is 0 Å². The van der Waals surface area contributed by atoms with Crippen molar-refractivity contribution < 1.29 is 23.8 Å². The molecule has 0 unspecified atom stereocenters. The lowest BCUT2D eigenvalue weighted by Gasteiger charge is -2.14. The number of carbonyl (C=O) groups excluding carboxylic acids is 2. The van der Waals surface area contributed by atoms with Gasteiger partial charge in [0.1, 0.15) is 5.75 Å². The minimum Gasteiger partial charge on any atom is -0.496 e. The highest BCUT2D eigenvalue weighted by molar-refractivity contribution is 7.98. The molecule has 9 heteroatoms. The number of ether oxygens (including phenoxy) is 3. The van der Waals surface area contributed by atoms with Gasteiger partial charge in [0, 0.05) is 33.4 Å². The Morgan fingerprint density at radius 3 is 1.97 bits per heavy atom. The van der Waals surface area contributed by atoms with E-state index in [-0.39, 0.29) is 11.3 Å². The van der Waals surface area contributed by atoms with Gasteiger partial charge in [-0.05, 0) is 42.0 Å². The maximum Gasteiger partial charge on any atom is 0.273 e. The molecule has 3 rings (SSSR count). The normalized spacial score (nSPS) is 10.3. The second kappa shape index (κ2) is 11.5. The SMILES string of the molecule is COc1cc(OC)c(C(=O)NNC(=O)c2ccc(CSc3ccc(Cl)cc3)cc2)cc1OC. The van der Waals surface area contributed by atoms with Gasteiger partial charge in [0.15, 0.2) is 11.5 Å². The zero-order valence-corrected chi connectivity index (χ0v) is 19.9. The lowest BCUT2D eigenvalue weighted by molar-refractivity contribution is 0.0844. The van der Waals surface area contributed by atoms with Gasteiger partial charge in [-0.1, -0.05) is 23.7 Å². The highest BCUT2D eigenvalue weighted by atomic mass is 35.5. The van der Waals surface area contributed by atoms with Gasteiger partial charge in [-0.2, -0.15) is 0 Å². The third-order valence-electron chi connectivity index (χ3n) is 4.68. The minimum absolute atomic E-state index is 0.185. The average Bonchev–Trinajstić information content (AvgIpc) is 2.86. The Morgan fingerprint density at radius 1 is 0.788 bits per heavy atom. The van der Waals surface area contributed by atoms with Crippen LogP contribution < -0.4 is 25.1 Å². The van der Waals surface area contributed by atoms with E-state index in [0.29, 0.717) is 22.1 Å². The molecule has 2 N–H and O–H groups in total. The van der Waals surface area contributed by atoms with Gasteiger partial charge in [0.2, 0.25) is 0 Å². The summed E-state index contributed by atoms with van der Waals surface area (Å²) in [6.45, 7) is 0. The molecule has 172 valence electrons. The van der Waals surface area contributed by atoms with Crippen LogP contribution in [0.2, 0.25) is 5.02 Å². The lowest BCUT2D eigenvalue weighted by Crippen LogP contribution is -2.41. The summed E-state index contributed by atoms with van der Waals surface area (Å²) in [5.41, 5.74) is 6.47. The van der Waals surface area contributed by atoms with Gasteiger partial charge in [0.05, 0.1) is 26.9 Å². The molecule has 0 atom stereocenters. The van der Waals surface area contributed by atoms with E-state index >= 15 is 0 Å². The summed E-state index contributed by atoms with van der Waals surface area (Å²) in [6.07, 6.45) is 0. The topological polar surface area (TPSA) is 85.9 Å². The molecule has 0 fully saturated rings. The minimum atomic E-state index is -0.558. The van der Waals surface area contributed by atoms with E-state index in [4.69, 9.17) is 25.8 Å². The summed E-state index contributed by atoms with van der Waals surface area (Å²) >= 11 is 7.58. The van der Waals surface area contributed by atoms with Crippen molar-refractivity contribution >= 4 is 35.2 Å². The molecular weight excluding hydrogens is 464 g/mol. The molecular formula is C24H23ClN2O5S. The van der Waals surface area contributed by atoms with Crippen LogP contribution in [0.3, 0.4) is 0 Å². The van der Waals surface area contributed by atoms with Crippen molar-refractivity contribution in [3.8, 4) is 17.2 Å². The average molecular weight is 487 g/mol. The van der Waals surface area contributed by atoms with Crippen LogP contribution in [0.4, 0.5) is 0 Å².